The van der Waals surface area contributed by atoms with Crippen LogP contribution in [-0.2, 0) is 4.79 Å². The third-order valence-corrected chi connectivity index (χ3v) is 3.14. The van der Waals surface area contributed by atoms with Gasteiger partial charge in [0.2, 0.25) is 5.91 Å². The molecule has 1 unspecified atom stereocenters. The number of carbonyl (C=O) groups excluding carboxylic acids is 1. The molecule has 0 aromatic heterocycles. The summed E-state index contributed by atoms with van der Waals surface area (Å²) in [4.78, 5) is 11.9. The van der Waals surface area contributed by atoms with E-state index in [2.05, 4.69) is 24.5 Å². The van der Waals surface area contributed by atoms with Crippen LogP contribution in [0, 0.1) is 5.92 Å². The van der Waals surface area contributed by atoms with Crippen LogP contribution in [0.3, 0.4) is 0 Å². The molecular weight excluding hydrogens is 188 g/mol. The molecular formula is C12H24N2O. The number of hydrogen-bond acceptors (Lipinski definition) is 2. The minimum Gasteiger partial charge on any atom is -0.353 e. The first kappa shape index (κ1) is 12.5. The number of amides is 1. The van der Waals surface area contributed by atoms with Crippen molar-refractivity contribution in [2.75, 3.05) is 13.1 Å². The minimum atomic E-state index is 0.199. The van der Waals surface area contributed by atoms with Crippen LogP contribution < -0.4 is 10.6 Å². The largest absolute Gasteiger partial charge is 0.353 e. The van der Waals surface area contributed by atoms with Crippen molar-refractivity contribution in [1.29, 1.82) is 0 Å². The van der Waals surface area contributed by atoms with Gasteiger partial charge in [0.05, 0.1) is 5.92 Å². The lowest BCUT2D eigenvalue weighted by atomic mass is 9.98. The van der Waals surface area contributed by atoms with Crippen molar-refractivity contribution in [3.63, 3.8) is 0 Å². The summed E-state index contributed by atoms with van der Waals surface area (Å²) in [5.74, 6) is 0.451. The van der Waals surface area contributed by atoms with Crippen molar-refractivity contribution >= 4 is 5.91 Å². The number of hydrogen-bond donors (Lipinski definition) is 2. The quantitative estimate of drug-likeness (QED) is 0.728. The normalized spacial score (nSPS) is 23.5. The molecule has 3 nitrogen and oxygen atoms in total. The number of rotatable bonds is 5. The monoisotopic (exact) mass is 212 g/mol. The number of carbonyl (C=O) groups is 1. The van der Waals surface area contributed by atoms with Gasteiger partial charge in [-0.1, -0.05) is 20.3 Å². The SMILES string of the molecule is CCCC(CC)NC(=O)[C@H]1CCCNC1. The van der Waals surface area contributed by atoms with Gasteiger partial charge in [0.15, 0.2) is 0 Å². The number of piperidine rings is 1. The van der Waals surface area contributed by atoms with E-state index in [1.165, 1.54) is 0 Å². The second-order valence-electron chi connectivity index (χ2n) is 4.45. The Balaban J connectivity index is 2.31. The van der Waals surface area contributed by atoms with Crippen molar-refractivity contribution in [3.05, 3.63) is 0 Å². The van der Waals surface area contributed by atoms with E-state index in [0.29, 0.717) is 6.04 Å². The van der Waals surface area contributed by atoms with Gasteiger partial charge in [0.1, 0.15) is 0 Å². The Kier molecular flexibility index (Phi) is 5.69. The van der Waals surface area contributed by atoms with E-state index in [1.807, 2.05) is 0 Å². The molecule has 0 aromatic carbocycles. The summed E-state index contributed by atoms with van der Waals surface area (Å²) in [7, 11) is 0. The molecule has 1 saturated heterocycles. The zero-order valence-corrected chi connectivity index (χ0v) is 10.0. The van der Waals surface area contributed by atoms with Crippen LogP contribution in [0.2, 0.25) is 0 Å². The fourth-order valence-electron chi connectivity index (χ4n) is 2.12. The van der Waals surface area contributed by atoms with Gasteiger partial charge in [-0.05, 0) is 32.2 Å². The molecule has 1 rings (SSSR count). The molecule has 0 saturated carbocycles. The zero-order chi connectivity index (χ0) is 11.1. The van der Waals surface area contributed by atoms with Crippen LogP contribution in [-0.4, -0.2) is 25.0 Å². The van der Waals surface area contributed by atoms with Crippen molar-refractivity contribution in [3.8, 4) is 0 Å². The topological polar surface area (TPSA) is 41.1 Å². The maximum atomic E-state index is 11.9. The highest BCUT2D eigenvalue weighted by atomic mass is 16.1. The van der Waals surface area contributed by atoms with Gasteiger partial charge in [-0.15, -0.1) is 0 Å². The molecule has 1 fully saturated rings. The lowest BCUT2D eigenvalue weighted by molar-refractivity contribution is -0.126. The first-order chi connectivity index (χ1) is 7.27. The summed E-state index contributed by atoms with van der Waals surface area (Å²) in [6, 6.07) is 0.379. The van der Waals surface area contributed by atoms with E-state index in [9.17, 15) is 4.79 Å². The van der Waals surface area contributed by atoms with Crippen LogP contribution in [0.5, 0.6) is 0 Å². The molecule has 88 valence electrons. The predicted octanol–water partition coefficient (Wildman–Crippen LogP) is 1.68. The predicted molar refractivity (Wildman–Crippen MR) is 62.7 cm³/mol. The molecule has 0 aliphatic carbocycles. The Bertz CT molecular complexity index is 188. The molecule has 3 heteroatoms. The van der Waals surface area contributed by atoms with E-state index < -0.39 is 0 Å². The smallest absolute Gasteiger partial charge is 0.224 e. The Hall–Kier alpha value is -0.570. The maximum absolute atomic E-state index is 11.9. The van der Waals surface area contributed by atoms with Gasteiger partial charge < -0.3 is 10.6 Å². The summed E-state index contributed by atoms with van der Waals surface area (Å²) in [6.45, 7) is 6.22. The van der Waals surface area contributed by atoms with Crippen LogP contribution in [0.4, 0.5) is 0 Å². The van der Waals surface area contributed by atoms with Crippen LogP contribution in [0.15, 0.2) is 0 Å². The average Bonchev–Trinajstić information content (AvgIpc) is 2.29. The first-order valence-corrected chi connectivity index (χ1v) is 6.29. The molecule has 15 heavy (non-hydrogen) atoms. The summed E-state index contributed by atoms with van der Waals surface area (Å²) in [5, 5.41) is 6.44. The van der Waals surface area contributed by atoms with Crippen LogP contribution in [0.25, 0.3) is 0 Å². The Labute approximate surface area is 93.0 Å². The second kappa shape index (κ2) is 6.83. The van der Waals surface area contributed by atoms with Crippen LogP contribution in [0.1, 0.15) is 46.0 Å². The van der Waals surface area contributed by atoms with Gasteiger partial charge in [-0.25, -0.2) is 0 Å². The van der Waals surface area contributed by atoms with Gasteiger partial charge in [-0.2, -0.15) is 0 Å². The average molecular weight is 212 g/mol. The van der Waals surface area contributed by atoms with Gasteiger partial charge in [0.25, 0.3) is 0 Å². The first-order valence-electron chi connectivity index (χ1n) is 6.29. The van der Waals surface area contributed by atoms with Gasteiger partial charge >= 0.3 is 0 Å². The van der Waals surface area contributed by atoms with Gasteiger partial charge in [-0.3, -0.25) is 4.79 Å². The summed E-state index contributed by atoms with van der Waals surface area (Å²) < 4.78 is 0. The Morgan fingerprint density at radius 3 is 2.87 bits per heavy atom. The lowest BCUT2D eigenvalue weighted by Gasteiger charge is -2.24. The van der Waals surface area contributed by atoms with E-state index >= 15 is 0 Å². The van der Waals surface area contributed by atoms with E-state index in [1.54, 1.807) is 0 Å². The molecule has 2 atom stereocenters. The van der Waals surface area contributed by atoms with Crippen molar-refractivity contribution in [2.24, 2.45) is 5.92 Å². The fraction of sp³-hybridized carbons (Fsp3) is 0.917. The van der Waals surface area contributed by atoms with E-state index in [-0.39, 0.29) is 11.8 Å². The highest BCUT2D eigenvalue weighted by Crippen LogP contribution is 2.11. The Morgan fingerprint density at radius 1 is 1.53 bits per heavy atom. The molecule has 1 amide bonds. The highest BCUT2D eigenvalue weighted by molar-refractivity contribution is 5.79. The molecule has 2 N–H and O–H groups in total. The minimum absolute atomic E-state index is 0.199. The summed E-state index contributed by atoms with van der Waals surface area (Å²) in [5.41, 5.74) is 0. The zero-order valence-electron chi connectivity index (χ0n) is 10.0. The number of nitrogens with one attached hydrogen (secondary N) is 2. The molecule has 0 spiro atoms. The maximum Gasteiger partial charge on any atom is 0.224 e. The summed E-state index contributed by atoms with van der Waals surface area (Å²) in [6.07, 6.45) is 5.45. The lowest BCUT2D eigenvalue weighted by Crippen LogP contribution is -2.44. The fourth-order valence-corrected chi connectivity index (χ4v) is 2.12. The van der Waals surface area contributed by atoms with Crippen molar-refractivity contribution in [2.45, 2.75) is 52.0 Å². The highest BCUT2D eigenvalue weighted by Gasteiger charge is 2.22. The standard InChI is InChI=1S/C12H24N2O/c1-3-6-11(4-2)14-12(15)10-7-5-8-13-9-10/h10-11,13H,3-9H2,1-2H3,(H,14,15)/t10-,11?/m0/s1. The third-order valence-electron chi connectivity index (χ3n) is 3.14. The van der Waals surface area contributed by atoms with Gasteiger partial charge in [0, 0.05) is 12.6 Å². The van der Waals surface area contributed by atoms with E-state index in [4.69, 9.17) is 0 Å². The molecule has 1 aliphatic heterocycles. The molecule has 0 bridgehead atoms. The molecule has 0 radical (unpaired) electrons. The molecule has 1 aliphatic rings. The van der Waals surface area contributed by atoms with E-state index in [0.717, 1.165) is 45.2 Å². The summed E-state index contributed by atoms with van der Waals surface area (Å²) >= 11 is 0. The molecule has 1 heterocycles. The third kappa shape index (κ3) is 4.20. The van der Waals surface area contributed by atoms with Crippen LogP contribution >= 0.6 is 0 Å². The molecule has 0 aromatic rings. The second-order valence-corrected chi connectivity index (χ2v) is 4.45. The Morgan fingerprint density at radius 2 is 2.33 bits per heavy atom. The van der Waals surface area contributed by atoms with Crippen molar-refractivity contribution in [1.82, 2.24) is 10.6 Å². The van der Waals surface area contributed by atoms with Crippen molar-refractivity contribution < 1.29 is 4.79 Å².